The van der Waals surface area contributed by atoms with Gasteiger partial charge in [-0.1, -0.05) is 0 Å². The van der Waals surface area contributed by atoms with Crippen molar-refractivity contribution in [3.63, 3.8) is 0 Å². The third kappa shape index (κ3) is 2.48. The predicted molar refractivity (Wildman–Crippen MR) is 66.6 cm³/mol. The molecule has 8 nitrogen and oxygen atoms in total. The lowest BCUT2D eigenvalue weighted by molar-refractivity contribution is -0.118. The molecule has 1 atom stereocenters. The van der Waals surface area contributed by atoms with E-state index in [1.54, 1.807) is 0 Å². The first-order chi connectivity index (χ1) is 8.90. The number of aliphatic hydroxyl groups excluding tert-OH is 1. The monoisotopic (exact) mass is 266 g/mol. The molecule has 19 heavy (non-hydrogen) atoms. The third-order valence-electron chi connectivity index (χ3n) is 2.81. The van der Waals surface area contributed by atoms with Crippen LogP contribution >= 0.6 is 0 Å². The second-order valence-corrected chi connectivity index (χ2v) is 4.31. The molecule has 1 aliphatic rings. The number of anilines is 2. The Bertz CT molecular complexity index is 595. The molecule has 0 fully saturated rings. The van der Waals surface area contributed by atoms with Crippen LogP contribution in [-0.4, -0.2) is 33.1 Å². The van der Waals surface area contributed by atoms with Gasteiger partial charge in [-0.05, 0) is 12.8 Å². The summed E-state index contributed by atoms with van der Waals surface area (Å²) in [4.78, 5) is 41.9. The summed E-state index contributed by atoms with van der Waals surface area (Å²) < 4.78 is 0. The van der Waals surface area contributed by atoms with Gasteiger partial charge in [0.15, 0.2) is 0 Å². The molecule has 1 aliphatic heterocycles. The van der Waals surface area contributed by atoms with Crippen LogP contribution in [0.2, 0.25) is 0 Å². The number of nitrogens with zero attached hydrogens (tertiary/aromatic N) is 2. The van der Waals surface area contributed by atoms with Crippen LogP contribution in [0.15, 0.2) is 4.79 Å². The summed E-state index contributed by atoms with van der Waals surface area (Å²) in [6, 6.07) is 0. The predicted octanol–water partition coefficient (Wildman–Crippen LogP) is -0.654. The van der Waals surface area contributed by atoms with E-state index in [-0.39, 0.29) is 18.2 Å². The van der Waals surface area contributed by atoms with Crippen molar-refractivity contribution in [1.82, 2.24) is 9.97 Å². The van der Waals surface area contributed by atoms with Crippen molar-refractivity contribution in [3.05, 3.63) is 15.9 Å². The molecule has 1 unspecified atom stereocenters. The number of hydrogen-bond donors (Lipinski definition) is 3. The van der Waals surface area contributed by atoms with Crippen LogP contribution in [0.3, 0.4) is 0 Å². The maximum atomic E-state index is 11.9. The van der Waals surface area contributed by atoms with Crippen LogP contribution in [0.25, 0.3) is 0 Å². The number of aliphatic hydroxyl groups is 1. The summed E-state index contributed by atoms with van der Waals surface area (Å²) in [6.07, 6.45) is -0.413. The molecular weight excluding hydrogens is 252 g/mol. The number of hydrogen-bond acceptors (Lipinski definition) is 5. The van der Waals surface area contributed by atoms with Gasteiger partial charge in [-0.15, -0.1) is 0 Å². The Labute approximate surface area is 108 Å². The zero-order valence-electron chi connectivity index (χ0n) is 10.6. The van der Waals surface area contributed by atoms with Gasteiger partial charge in [-0.2, -0.15) is 4.98 Å². The Balaban J connectivity index is 2.55. The van der Waals surface area contributed by atoms with E-state index in [1.165, 1.54) is 13.8 Å². The molecule has 2 rings (SSSR count). The highest BCUT2D eigenvalue weighted by molar-refractivity contribution is 5.92. The molecule has 102 valence electrons. The molecule has 2 amide bonds. The van der Waals surface area contributed by atoms with E-state index in [4.69, 9.17) is 0 Å². The van der Waals surface area contributed by atoms with Gasteiger partial charge in [-0.3, -0.25) is 29.6 Å². The lowest BCUT2D eigenvalue weighted by Gasteiger charge is -2.31. The van der Waals surface area contributed by atoms with Gasteiger partial charge < -0.3 is 5.11 Å². The van der Waals surface area contributed by atoms with Crippen LogP contribution in [-0.2, 0) is 16.0 Å². The number of fused-ring (bicyclic) bond motifs is 1. The highest BCUT2D eigenvalue weighted by Crippen LogP contribution is 2.26. The largest absolute Gasteiger partial charge is 0.373 e. The van der Waals surface area contributed by atoms with Crippen molar-refractivity contribution in [2.45, 2.75) is 32.9 Å². The highest BCUT2D eigenvalue weighted by atomic mass is 16.3. The molecule has 0 saturated heterocycles. The van der Waals surface area contributed by atoms with E-state index in [1.807, 2.05) is 0 Å². The SMILES string of the molecule is CC(=O)Nc1nc2c(c(=O)[nH]1)CCC(O)N2C(C)=O. The Morgan fingerprint density at radius 2 is 2.16 bits per heavy atom. The molecule has 0 aromatic carbocycles. The number of carbonyl (C=O) groups is 2. The Kier molecular flexibility index (Phi) is 3.34. The average Bonchev–Trinajstić information content (AvgIpc) is 2.26. The minimum Gasteiger partial charge on any atom is -0.373 e. The molecule has 2 heterocycles. The zero-order valence-corrected chi connectivity index (χ0v) is 10.6. The molecule has 0 spiro atoms. The van der Waals surface area contributed by atoms with Crippen molar-refractivity contribution in [1.29, 1.82) is 0 Å². The number of aromatic amines is 1. The van der Waals surface area contributed by atoms with E-state index in [2.05, 4.69) is 15.3 Å². The van der Waals surface area contributed by atoms with Gasteiger partial charge in [0.1, 0.15) is 12.0 Å². The smallest absolute Gasteiger partial charge is 0.257 e. The fourth-order valence-electron chi connectivity index (χ4n) is 2.04. The van der Waals surface area contributed by atoms with Gasteiger partial charge in [0.05, 0.1) is 5.56 Å². The van der Waals surface area contributed by atoms with Crippen molar-refractivity contribution in [3.8, 4) is 0 Å². The minimum absolute atomic E-state index is 0.0448. The van der Waals surface area contributed by atoms with Gasteiger partial charge in [0.25, 0.3) is 5.56 Å². The van der Waals surface area contributed by atoms with E-state index >= 15 is 0 Å². The Morgan fingerprint density at radius 3 is 2.74 bits per heavy atom. The number of nitrogens with one attached hydrogen (secondary N) is 2. The van der Waals surface area contributed by atoms with Crippen molar-refractivity contribution in [2.24, 2.45) is 0 Å². The van der Waals surface area contributed by atoms with Crippen molar-refractivity contribution < 1.29 is 14.7 Å². The van der Waals surface area contributed by atoms with E-state index in [9.17, 15) is 19.5 Å². The van der Waals surface area contributed by atoms with Crippen molar-refractivity contribution >= 4 is 23.6 Å². The number of carbonyl (C=O) groups excluding carboxylic acids is 2. The van der Waals surface area contributed by atoms with Crippen molar-refractivity contribution in [2.75, 3.05) is 10.2 Å². The quantitative estimate of drug-likeness (QED) is 0.624. The second kappa shape index (κ2) is 4.81. The number of H-pyrrole nitrogens is 1. The molecular formula is C11H14N4O4. The number of rotatable bonds is 1. The van der Waals surface area contributed by atoms with Gasteiger partial charge >= 0.3 is 0 Å². The zero-order chi connectivity index (χ0) is 14.2. The van der Waals surface area contributed by atoms with E-state index in [0.29, 0.717) is 12.0 Å². The first-order valence-corrected chi connectivity index (χ1v) is 5.78. The van der Waals surface area contributed by atoms with Crippen LogP contribution < -0.4 is 15.8 Å². The number of amides is 2. The molecule has 0 radical (unpaired) electrons. The standard InChI is InChI=1S/C11H14N4O4/c1-5(16)12-11-13-9-7(10(19)14-11)3-4-8(18)15(9)6(2)17/h8,18H,3-4H2,1-2H3,(H2,12,13,14,16,19). The fraction of sp³-hybridized carbons (Fsp3) is 0.455. The second-order valence-electron chi connectivity index (χ2n) is 4.31. The summed E-state index contributed by atoms with van der Waals surface area (Å²) in [5, 5.41) is 12.2. The number of aromatic nitrogens is 2. The maximum absolute atomic E-state index is 11.9. The first kappa shape index (κ1) is 13.2. The third-order valence-corrected chi connectivity index (χ3v) is 2.81. The molecule has 0 bridgehead atoms. The molecule has 0 saturated carbocycles. The van der Waals surface area contributed by atoms with Gasteiger partial charge in [0, 0.05) is 13.8 Å². The van der Waals surface area contributed by atoms with Crippen LogP contribution in [0.4, 0.5) is 11.8 Å². The Hall–Kier alpha value is -2.22. The van der Waals surface area contributed by atoms with Crippen LogP contribution in [0.1, 0.15) is 25.8 Å². The lowest BCUT2D eigenvalue weighted by Crippen LogP contribution is -2.45. The highest BCUT2D eigenvalue weighted by Gasteiger charge is 2.31. The minimum atomic E-state index is -1.01. The molecule has 8 heteroatoms. The first-order valence-electron chi connectivity index (χ1n) is 5.78. The summed E-state index contributed by atoms with van der Waals surface area (Å²) in [6.45, 7) is 2.55. The molecule has 3 N–H and O–H groups in total. The summed E-state index contributed by atoms with van der Waals surface area (Å²) in [5.41, 5.74) is -0.0958. The summed E-state index contributed by atoms with van der Waals surface area (Å²) >= 11 is 0. The topological polar surface area (TPSA) is 115 Å². The Morgan fingerprint density at radius 1 is 1.47 bits per heavy atom. The molecule has 0 aliphatic carbocycles. The fourth-order valence-corrected chi connectivity index (χ4v) is 2.04. The summed E-state index contributed by atoms with van der Waals surface area (Å²) in [7, 11) is 0. The van der Waals surface area contributed by atoms with Gasteiger partial charge in [0.2, 0.25) is 17.8 Å². The van der Waals surface area contributed by atoms with E-state index < -0.39 is 23.6 Å². The molecule has 1 aromatic heterocycles. The van der Waals surface area contributed by atoms with Gasteiger partial charge in [-0.25, -0.2) is 0 Å². The maximum Gasteiger partial charge on any atom is 0.257 e. The van der Waals surface area contributed by atoms with Crippen LogP contribution in [0.5, 0.6) is 0 Å². The van der Waals surface area contributed by atoms with Crippen LogP contribution in [0, 0.1) is 0 Å². The molecule has 1 aromatic rings. The summed E-state index contributed by atoms with van der Waals surface area (Å²) in [5.74, 6) is -0.760. The normalized spacial score (nSPS) is 17.8. The average molecular weight is 266 g/mol. The lowest BCUT2D eigenvalue weighted by atomic mass is 10.1. The van der Waals surface area contributed by atoms with E-state index in [0.717, 1.165) is 4.90 Å².